The molecule has 1 unspecified atom stereocenters. The summed E-state index contributed by atoms with van der Waals surface area (Å²) >= 11 is 0. The van der Waals surface area contributed by atoms with E-state index in [0.717, 1.165) is 0 Å². The fraction of sp³-hybridized carbons (Fsp3) is 0.571. The minimum Gasteiger partial charge on any atom is -0.348 e. The van der Waals surface area contributed by atoms with Crippen molar-refractivity contribution in [1.29, 1.82) is 0 Å². The minimum atomic E-state index is -0.683. The lowest BCUT2D eigenvalue weighted by atomic mass is 10.0. The zero-order valence-corrected chi connectivity index (χ0v) is 7.05. The second-order valence-corrected chi connectivity index (χ2v) is 2.59. The van der Waals surface area contributed by atoms with E-state index in [-0.39, 0.29) is 18.2 Å². The first kappa shape index (κ1) is 8.70. The van der Waals surface area contributed by atoms with Gasteiger partial charge in [0.25, 0.3) is 0 Å². The van der Waals surface area contributed by atoms with E-state index in [2.05, 4.69) is 15.8 Å². The topological polar surface area (TPSA) is 70.6 Å². The number of hydrogen-bond donors (Lipinski definition) is 2. The van der Waals surface area contributed by atoms with Gasteiger partial charge in [0.05, 0.1) is 12.3 Å². The van der Waals surface area contributed by atoms with Crippen LogP contribution in [0.5, 0.6) is 0 Å². The molecular formula is C7H11N3O2. The third-order valence-corrected chi connectivity index (χ3v) is 1.73. The SMILES string of the molecule is CN/N=C(\C)C1C(=O)CNC1=O. The van der Waals surface area contributed by atoms with Gasteiger partial charge in [0.1, 0.15) is 5.92 Å². The van der Waals surface area contributed by atoms with Crippen LogP contribution in [0.2, 0.25) is 0 Å². The van der Waals surface area contributed by atoms with Crippen LogP contribution in [0.25, 0.3) is 0 Å². The van der Waals surface area contributed by atoms with Gasteiger partial charge < -0.3 is 10.7 Å². The van der Waals surface area contributed by atoms with E-state index in [1.807, 2.05) is 0 Å². The summed E-state index contributed by atoms with van der Waals surface area (Å²) in [4.78, 5) is 22.2. The molecule has 1 aliphatic rings. The van der Waals surface area contributed by atoms with Gasteiger partial charge >= 0.3 is 0 Å². The number of hydrogen-bond acceptors (Lipinski definition) is 4. The first-order valence-electron chi connectivity index (χ1n) is 3.68. The van der Waals surface area contributed by atoms with E-state index < -0.39 is 5.92 Å². The Labute approximate surface area is 70.2 Å². The highest BCUT2D eigenvalue weighted by Crippen LogP contribution is 2.07. The van der Waals surface area contributed by atoms with Crippen molar-refractivity contribution in [2.75, 3.05) is 13.6 Å². The zero-order valence-electron chi connectivity index (χ0n) is 7.05. The molecule has 1 heterocycles. The molecule has 2 N–H and O–H groups in total. The average molecular weight is 169 g/mol. The molecule has 0 spiro atoms. The molecule has 1 atom stereocenters. The molecule has 0 saturated carbocycles. The Morgan fingerprint density at radius 3 is 2.75 bits per heavy atom. The van der Waals surface area contributed by atoms with Gasteiger partial charge in [-0.25, -0.2) is 0 Å². The van der Waals surface area contributed by atoms with Crippen LogP contribution < -0.4 is 10.7 Å². The van der Waals surface area contributed by atoms with Gasteiger partial charge in [0, 0.05) is 7.05 Å². The molecule has 1 amide bonds. The number of ketones is 1. The molecular weight excluding hydrogens is 158 g/mol. The summed E-state index contributed by atoms with van der Waals surface area (Å²) in [7, 11) is 1.63. The Kier molecular flexibility index (Phi) is 2.42. The molecule has 1 fully saturated rings. The number of nitrogens with one attached hydrogen (secondary N) is 2. The van der Waals surface area contributed by atoms with Gasteiger partial charge in [-0.15, -0.1) is 0 Å². The first-order valence-corrected chi connectivity index (χ1v) is 3.68. The van der Waals surface area contributed by atoms with Crippen LogP contribution in [-0.4, -0.2) is 31.0 Å². The summed E-state index contributed by atoms with van der Waals surface area (Å²) < 4.78 is 0. The minimum absolute atomic E-state index is 0.114. The molecule has 1 rings (SSSR count). The largest absolute Gasteiger partial charge is 0.348 e. The fourth-order valence-electron chi connectivity index (χ4n) is 1.19. The van der Waals surface area contributed by atoms with Gasteiger partial charge in [-0.1, -0.05) is 0 Å². The van der Waals surface area contributed by atoms with Crippen LogP contribution in [0, 0.1) is 5.92 Å². The lowest BCUT2D eigenvalue weighted by Gasteiger charge is -2.03. The van der Waals surface area contributed by atoms with Crippen molar-refractivity contribution in [2.24, 2.45) is 11.0 Å². The summed E-state index contributed by atoms with van der Waals surface area (Å²) in [5.41, 5.74) is 3.05. The summed E-state index contributed by atoms with van der Waals surface area (Å²) in [6.45, 7) is 1.78. The molecule has 1 aliphatic heterocycles. The van der Waals surface area contributed by atoms with E-state index in [1.165, 1.54) is 0 Å². The predicted molar refractivity (Wildman–Crippen MR) is 43.7 cm³/mol. The Hall–Kier alpha value is -1.39. The standard InChI is InChI=1S/C7H11N3O2/c1-4(10-8-2)6-5(11)3-9-7(6)12/h6,8H,3H2,1-2H3,(H,9,12)/b10-4+. The molecule has 0 aliphatic carbocycles. The van der Waals surface area contributed by atoms with E-state index in [9.17, 15) is 9.59 Å². The lowest BCUT2D eigenvalue weighted by molar-refractivity contribution is -0.124. The normalized spacial score (nSPS) is 24.2. The smallest absolute Gasteiger partial charge is 0.236 e. The number of rotatable bonds is 2. The average Bonchev–Trinajstić information content (AvgIpc) is 2.32. The summed E-state index contributed by atoms with van der Waals surface area (Å²) in [6, 6.07) is 0. The Morgan fingerprint density at radius 2 is 2.33 bits per heavy atom. The van der Waals surface area contributed by atoms with Crippen molar-refractivity contribution >= 4 is 17.4 Å². The monoisotopic (exact) mass is 169 g/mol. The number of Topliss-reactive ketones (excluding diaryl/α,β-unsaturated/α-hetero) is 1. The number of carbonyl (C=O) groups excluding carboxylic acids is 2. The van der Waals surface area contributed by atoms with Gasteiger partial charge in [-0.3, -0.25) is 9.59 Å². The molecule has 0 aromatic carbocycles. The maximum atomic E-state index is 11.1. The van der Waals surface area contributed by atoms with E-state index >= 15 is 0 Å². The van der Waals surface area contributed by atoms with Crippen molar-refractivity contribution in [3.8, 4) is 0 Å². The second-order valence-electron chi connectivity index (χ2n) is 2.59. The highest BCUT2D eigenvalue weighted by Gasteiger charge is 2.34. The third kappa shape index (κ3) is 1.44. The fourth-order valence-corrected chi connectivity index (χ4v) is 1.19. The highest BCUT2D eigenvalue weighted by atomic mass is 16.2. The van der Waals surface area contributed by atoms with E-state index in [1.54, 1.807) is 14.0 Å². The molecule has 0 aromatic rings. The quantitative estimate of drug-likeness (QED) is 0.313. The molecule has 5 nitrogen and oxygen atoms in total. The molecule has 66 valence electrons. The van der Waals surface area contributed by atoms with Gasteiger partial charge in [-0.2, -0.15) is 5.10 Å². The molecule has 5 heteroatoms. The summed E-state index contributed by atoms with van der Waals surface area (Å²) in [5, 5.41) is 6.25. The zero-order chi connectivity index (χ0) is 9.14. The molecule has 1 saturated heterocycles. The Morgan fingerprint density at radius 1 is 1.67 bits per heavy atom. The van der Waals surface area contributed by atoms with Gasteiger partial charge in [0.15, 0.2) is 5.78 Å². The molecule has 12 heavy (non-hydrogen) atoms. The summed E-state index contributed by atoms with van der Waals surface area (Å²) in [6.07, 6.45) is 0. The maximum Gasteiger partial charge on any atom is 0.236 e. The van der Waals surface area contributed by atoms with Crippen molar-refractivity contribution in [1.82, 2.24) is 10.7 Å². The van der Waals surface area contributed by atoms with E-state index in [4.69, 9.17) is 0 Å². The number of nitrogens with zero attached hydrogens (tertiary/aromatic N) is 1. The van der Waals surface area contributed by atoms with Crippen LogP contribution in [0.3, 0.4) is 0 Å². The van der Waals surface area contributed by atoms with Crippen LogP contribution >= 0.6 is 0 Å². The number of amides is 1. The van der Waals surface area contributed by atoms with Crippen LogP contribution in [0.15, 0.2) is 5.10 Å². The van der Waals surface area contributed by atoms with Crippen LogP contribution in [0.4, 0.5) is 0 Å². The van der Waals surface area contributed by atoms with Gasteiger partial charge in [0.2, 0.25) is 5.91 Å². The van der Waals surface area contributed by atoms with Crippen molar-refractivity contribution in [3.05, 3.63) is 0 Å². The van der Waals surface area contributed by atoms with Crippen molar-refractivity contribution < 1.29 is 9.59 Å². The van der Waals surface area contributed by atoms with Crippen LogP contribution in [-0.2, 0) is 9.59 Å². The van der Waals surface area contributed by atoms with Gasteiger partial charge in [-0.05, 0) is 6.92 Å². The Balaban J connectivity index is 2.79. The summed E-state index contributed by atoms with van der Waals surface area (Å²) in [5.74, 6) is -1.05. The molecule has 0 aromatic heterocycles. The number of hydrazone groups is 1. The third-order valence-electron chi connectivity index (χ3n) is 1.73. The van der Waals surface area contributed by atoms with Crippen molar-refractivity contribution in [2.45, 2.75) is 6.92 Å². The molecule has 0 bridgehead atoms. The number of carbonyl (C=O) groups is 2. The van der Waals surface area contributed by atoms with Crippen molar-refractivity contribution in [3.63, 3.8) is 0 Å². The first-order chi connectivity index (χ1) is 5.66. The lowest BCUT2D eigenvalue weighted by Crippen LogP contribution is -2.27. The predicted octanol–water partition coefficient (Wildman–Crippen LogP) is -1.10. The molecule has 0 radical (unpaired) electrons. The highest BCUT2D eigenvalue weighted by molar-refractivity contribution is 6.23. The van der Waals surface area contributed by atoms with Crippen LogP contribution in [0.1, 0.15) is 6.92 Å². The maximum absolute atomic E-state index is 11.1. The van der Waals surface area contributed by atoms with E-state index in [0.29, 0.717) is 5.71 Å². The Bertz CT molecular complexity index is 231. The second kappa shape index (κ2) is 3.34.